The van der Waals surface area contributed by atoms with Crippen LogP contribution in [-0.2, 0) is 47.5 Å². The van der Waals surface area contributed by atoms with Crippen molar-refractivity contribution in [2.75, 3.05) is 20.8 Å². The molecule has 9 rings (SSSR count). The van der Waals surface area contributed by atoms with Crippen molar-refractivity contribution in [1.82, 2.24) is 0 Å². The van der Waals surface area contributed by atoms with E-state index in [0.717, 1.165) is 30.8 Å². The molecule has 0 aromatic rings. The molecule has 16 atom stereocenters. The van der Waals surface area contributed by atoms with Crippen LogP contribution in [0.1, 0.15) is 53.4 Å². The minimum absolute atomic E-state index is 0.0969. The maximum absolute atomic E-state index is 15.3. The summed E-state index contributed by atoms with van der Waals surface area (Å²) < 4.78 is 41.5. The Morgan fingerprint density at radius 2 is 1.90 bits per heavy atom. The number of hydrogen-bond donors (Lipinski definition) is 3. The molecule has 13 nitrogen and oxygen atoms in total. The number of methoxy groups -OCH3 is 2. The van der Waals surface area contributed by atoms with Crippen molar-refractivity contribution in [3.8, 4) is 0 Å². The zero-order chi connectivity index (χ0) is 34.3. The van der Waals surface area contributed by atoms with Crippen molar-refractivity contribution < 1.29 is 62.9 Å². The second kappa shape index (κ2) is 10.4. The summed E-state index contributed by atoms with van der Waals surface area (Å²) in [5.74, 6) is -3.81. The predicted molar refractivity (Wildman–Crippen MR) is 161 cm³/mol. The molecular formula is C35H46O13. The van der Waals surface area contributed by atoms with Gasteiger partial charge in [-0.05, 0) is 55.8 Å². The molecule has 7 fully saturated rings. The van der Waals surface area contributed by atoms with Gasteiger partial charge in [-0.15, -0.1) is 0 Å². The van der Waals surface area contributed by atoms with Crippen molar-refractivity contribution in [2.24, 2.45) is 45.8 Å². The second-order valence-electron chi connectivity index (χ2n) is 16.0. The van der Waals surface area contributed by atoms with Crippen LogP contribution < -0.4 is 0 Å². The molecule has 3 N–H and O–H groups in total. The number of hydrogen-bond acceptors (Lipinski definition) is 13. The normalized spacial score (nSPS) is 54.0. The molecule has 5 aliphatic carbocycles. The molecule has 9 aliphatic rings. The van der Waals surface area contributed by atoms with E-state index in [9.17, 15) is 24.9 Å². The fourth-order valence-electron chi connectivity index (χ4n) is 11.7. The quantitative estimate of drug-likeness (QED) is 0.181. The van der Waals surface area contributed by atoms with Crippen molar-refractivity contribution in [1.29, 1.82) is 0 Å². The molecule has 0 amide bonds. The highest BCUT2D eigenvalue weighted by Crippen LogP contribution is 2.83. The van der Waals surface area contributed by atoms with Crippen LogP contribution in [0.25, 0.3) is 0 Å². The van der Waals surface area contributed by atoms with Crippen molar-refractivity contribution in [3.63, 3.8) is 0 Å². The lowest BCUT2D eigenvalue weighted by Crippen LogP contribution is -2.67. The van der Waals surface area contributed by atoms with Crippen LogP contribution in [0.3, 0.4) is 0 Å². The van der Waals surface area contributed by atoms with Gasteiger partial charge in [-0.1, -0.05) is 38.8 Å². The average molecular weight is 675 g/mol. The molecule has 4 heterocycles. The summed E-state index contributed by atoms with van der Waals surface area (Å²) in [7, 11) is 2.78. The largest absolute Gasteiger partial charge is 0.498 e. The Morgan fingerprint density at radius 3 is 2.56 bits per heavy atom. The third kappa shape index (κ3) is 3.62. The van der Waals surface area contributed by atoms with Crippen LogP contribution >= 0.6 is 0 Å². The maximum atomic E-state index is 15.3. The zero-order valence-corrected chi connectivity index (χ0v) is 28.1. The first-order chi connectivity index (χ1) is 22.7. The SMILES string of the molecule is COC1=CC(=O)C(OC(=O)C23C(C(C)C)=CC4CC2(C=O)C2CCC(C)C2CC43COC23OC4OC(C(OC)C4O2)C3O)C(C)(O)C1O. The van der Waals surface area contributed by atoms with Gasteiger partial charge in [-0.2, -0.15) is 0 Å². The highest BCUT2D eigenvalue weighted by Gasteiger charge is 2.85. The summed E-state index contributed by atoms with van der Waals surface area (Å²) in [4.78, 5) is 42.6. The van der Waals surface area contributed by atoms with Gasteiger partial charge in [-0.3, -0.25) is 14.3 Å². The number of ether oxygens (including phenoxy) is 7. The van der Waals surface area contributed by atoms with Crippen LogP contribution in [0.15, 0.2) is 23.5 Å². The zero-order valence-electron chi connectivity index (χ0n) is 28.1. The van der Waals surface area contributed by atoms with Gasteiger partial charge >= 0.3 is 11.9 Å². The fraction of sp³-hybridized carbons (Fsp3) is 0.800. The van der Waals surface area contributed by atoms with Crippen LogP contribution in [-0.4, -0.2) is 109 Å². The molecule has 0 radical (unpaired) electrons. The predicted octanol–water partition coefficient (Wildman–Crippen LogP) is 1.16. The lowest BCUT2D eigenvalue weighted by atomic mass is 9.43. The van der Waals surface area contributed by atoms with Crippen LogP contribution in [0.4, 0.5) is 0 Å². The average Bonchev–Trinajstić information content (AvgIpc) is 3.78. The lowest BCUT2D eigenvalue weighted by molar-refractivity contribution is -0.448. The van der Waals surface area contributed by atoms with Gasteiger partial charge in [0.05, 0.1) is 19.1 Å². The summed E-state index contributed by atoms with van der Waals surface area (Å²) >= 11 is 0. The number of aliphatic hydroxyl groups is 3. The maximum Gasteiger partial charge on any atom is 0.318 e. The first-order valence-electron chi connectivity index (χ1n) is 17.1. The topological polar surface area (TPSA) is 177 Å². The molecule has 4 saturated heterocycles. The van der Waals surface area contributed by atoms with E-state index >= 15 is 4.79 Å². The van der Waals surface area contributed by atoms with Gasteiger partial charge in [0.2, 0.25) is 5.78 Å². The molecule has 0 aromatic carbocycles. The third-order valence-electron chi connectivity index (χ3n) is 13.7. The van der Waals surface area contributed by atoms with Crippen LogP contribution in [0, 0.1) is 45.8 Å². The number of esters is 1. The van der Waals surface area contributed by atoms with E-state index in [1.165, 1.54) is 21.1 Å². The first kappa shape index (κ1) is 32.9. The first-order valence-corrected chi connectivity index (χ1v) is 17.1. The van der Waals surface area contributed by atoms with Gasteiger partial charge in [-0.25, -0.2) is 0 Å². The van der Waals surface area contributed by atoms with E-state index in [1.807, 2.05) is 13.8 Å². The summed E-state index contributed by atoms with van der Waals surface area (Å²) in [6.07, 6.45) is -0.896. The standard InChI is InChI=1S/C35H46O13/c1-15(2)20-9-17-11-32(13-36)19-8-7-16(3)18(19)12-33(17,14-44-35-27(39)24-23(43-6)25(47-35)29(45-24)48-35)34(20,32)30(40)46-28-21(37)10-22(42-5)26(38)31(28,4)41/h9-10,13,15-19,23-29,38-39,41H,7-8,11-12,14H2,1-6H3. The molecule has 8 bridgehead atoms. The molecule has 0 aromatic heterocycles. The Balaban J connectivity index is 1.24. The Labute approximate surface area is 278 Å². The summed E-state index contributed by atoms with van der Waals surface area (Å²) in [5, 5.41) is 33.8. The molecule has 3 saturated carbocycles. The Kier molecular flexibility index (Phi) is 7.14. The Morgan fingerprint density at radius 1 is 1.15 bits per heavy atom. The molecule has 13 heteroatoms. The van der Waals surface area contributed by atoms with Crippen molar-refractivity contribution in [3.05, 3.63) is 23.5 Å². The van der Waals surface area contributed by atoms with Gasteiger partial charge < -0.3 is 48.5 Å². The number of carbonyl (C=O) groups excluding carboxylic acids is 3. The van der Waals surface area contributed by atoms with E-state index in [0.29, 0.717) is 12.8 Å². The highest BCUT2D eigenvalue weighted by molar-refractivity contribution is 5.99. The van der Waals surface area contributed by atoms with Gasteiger partial charge in [0.25, 0.3) is 0 Å². The number of carbonyl (C=O) groups is 3. The molecular weight excluding hydrogens is 628 g/mol. The molecule has 0 spiro atoms. The van der Waals surface area contributed by atoms with Crippen molar-refractivity contribution >= 4 is 18.0 Å². The molecule has 16 unspecified atom stereocenters. The Hall–Kier alpha value is -2.23. The van der Waals surface area contributed by atoms with Gasteiger partial charge in [0, 0.05) is 18.6 Å². The van der Waals surface area contributed by atoms with Gasteiger partial charge in [0.15, 0.2) is 18.5 Å². The number of rotatable bonds is 9. The van der Waals surface area contributed by atoms with Gasteiger partial charge in [0.1, 0.15) is 47.5 Å². The van der Waals surface area contributed by atoms with E-state index in [2.05, 4.69) is 13.0 Å². The number of fused-ring (bicyclic) bond motifs is 2. The van der Waals surface area contributed by atoms with E-state index in [1.54, 1.807) is 0 Å². The van der Waals surface area contributed by atoms with Crippen LogP contribution in [0.2, 0.25) is 0 Å². The van der Waals surface area contributed by atoms with E-state index in [4.69, 9.17) is 33.2 Å². The molecule has 4 aliphatic heterocycles. The minimum Gasteiger partial charge on any atom is -0.498 e. The van der Waals surface area contributed by atoms with E-state index in [-0.39, 0.29) is 42.0 Å². The summed E-state index contributed by atoms with van der Waals surface area (Å²) in [6, 6.07) is 0. The molecule has 48 heavy (non-hydrogen) atoms. The van der Waals surface area contributed by atoms with E-state index < -0.39 is 82.5 Å². The number of allylic oxidation sites excluding steroid dienone is 1. The molecule has 264 valence electrons. The van der Waals surface area contributed by atoms with Crippen LogP contribution in [0.5, 0.6) is 0 Å². The number of aldehydes is 1. The monoisotopic (exact) mass is 674 g/mol. The Bertz CT molecular complexity index is 1490. The fourth-order valence-corrected chi connectivity index (χ4v) is 11.7. The smallest absolute Gasteiger partial charge is 0.318 e. The third-order valence-corrected chi connectivity index (χ3v) is 13.7. The summed E-state index contributed by atoms with van der Waals surface area (Å²) in [5.41, 5.74) is -5.31. The second-order valence-corrected chi connectivity index (χ2v) is 16.0. The summed E-state index contributed by atoms with van der Waals surface area (Å²) in [6.45, 7) is 7.20. The minimum atomic E-state index is -2.22. The highest BCUT2D eigenvalue weighted by atomic mass is 17.0. The number of ketones is 1. The number of aliphatic hydroxyl groups excluding tert-OH is 2. The van der Waals surface area contributed by atoms with Crippen molar-refractivity contribution in [2.45, 2.75) is 108 Å². The lowest BCUT2D eigenvalue weighted by Gasteiger charge is -2.59.